The summed E-state index contributed by atoms with van der Waals surface area (Å²) in [6.45, 7) is 1.60. The van der Waals surface area contributed by atoms with E-state index in [1.807, 2.05) is 18.2 Å². The zero-order chi connectivity index (χ0) is 15.0. The number of aromatic nitrogens is 1. The van der Waals surface area contributed by atoms with Gasteiger partial charge in [-0.15, -0.1) is 0 Å². The molecule has 2 fully saturated rings. The van der Waals surface area contributed by atoms with Crippen molar-refractivity contribution in [2.45, 2.75) is 25.4 Å². The summed E-state index contributed by atoms with van der Waals surface area (Å²) in [6, 6.07) is 5.07. The third-order valence-corrected chi connectivity index (χ3v) is 5.53. The number of piperidine rings is 2. The predicted octanol–water partition coefficient (Wildman–Crippen LogP) is 0.464. The molecule has 1 aromatic rings. The van der Waals surface area contributed by atoms with Gasteiger partial charge >= 0.3 is 0 Å². The highest BCUT2D eigenvalue weighted by Gasteiger charge is 2.44. The Morgan fingerprint density at radius 3 is 2.86 bits per heavy atom. The average Bonchev–Trinajstić information content (AvgIpc) is 2.44. The summed E-state index contributed by atoms with van der Waals surface area (Å²) < 4.78 is 25.0. The molecule has 0 N–H and O–H groups in total. The minimum atomic E-state index is -3.34. The van der Waals surface area contributed by atoms with Crippen LogP contribution in [0.15, 0.2) is 24.4 Å². The van der Waals surface area contributed by atoms with Gasteiger partial charge in [-0.25, -0.2) is 8.42 Å². The van der Waals surface area contributed by atoms with Gasteiger partial charge in [0.25, 0.3) is 0 Å². The van der Waals surface area contributed by atoms with Crippen LogP contribution in [0.25, 0.3) is 0 Å². The highest BCUT2D eigenvalue weighted by Crippen LogP contribution is 2.31. The molecular formula is C14H19N3O3S. The van der Waals surface area contributed by atoms with Crippen molar-refractivity contribution in [2.75, 3.05) is 19.3 Å². The Morgan fingerprint density at radius 2 is 2.19 bits per heavy atom. The van der Waals surface area contributed by atoms with Gasteiger partial charge in [0.2, 0.25) is 15.9 Å². The Hall–Kier alpha value is -1.47. The number of sulfonamides is 1. The van der Waals surface area contributed by atoms with E-state index >= 15 is 0 Å². The number of fused-ring (bicyclic) bond motifs is 2. The maximum atomic E-state index is 12.6. The highest BCUT2D eigenvalue weighted by atomic mass is 32.2. The van der Waals surface area contributed by atoms with Gasteiger partial charge in [0, 0.05) is 19.3 Å². The minimum Gasteiger partial charge on any atom is -0.335 e. The standard InChI is InChI=1S/C14H19N3O3S/c1-21(19,20)17-7-5-11-8-13(17)14(18)16(9-11)10-12-4-2-3-6-15-12/h2-4,6,11,13H,5,7-10H2,1H3/t11-,13+/m0/s1. The lowest BCUT2D eigenvalue weighted by Crippen LogP contribution is -2.59. The topological polar surface area (TPSA) is 70.6 Å². The van der Waals surface area contributed by atoms with E-state index in [1.165, 1.54) is 10.6 Å². The fourth-order valence-corrected chi connectivity index (χ4v) is 4.32. The summed E-state index contributed by atoms with van der Waals surface area (Å²) in [7, 11) is -3.34. The number of nitrogens with zero attached hydrogens (tertiary/aromatic N) is 3. The van der Waals surface area contributed by atoms with Gasteiger partial charge < -0.3 is 4.90 Å². The molecule has 114 valence electrons. The summed E-state index contributed by atoms with van der Waals surface area (Å²) in [5.74, 6) is 0.288. The van der Waals surface area contributed by atoms with Crippen LogP contribution in [0.5, 0.6) is 0 Å². The number of hydrogen-bond donors (Lipinski definition) is 0. The zero-order valence-corrected chi connectivity index (χ0v) is 12.8. The summed E-state index contributed by atoms with van der Waals surface area (Å²) in [5.41, 5.74) is 0.830. The molecule has 3 rings (SSSR count). The van der Waals surface area contributed by atoms with Crippen molar-refractivity contribution in [3.63, 3.8) is 0 Å². The Balaban J connectivity index is 1.81. The normalized spacial score (nSPS) is 26.9. The number of likely N-dealkylation sites (tertiary alicyclic amines) is 1. The summed E-state index contributed by atoms with van der Waals surface area (Å²) >= 11 is 0. The largest absolute Gasteiger partial charge is 0.335 e. The first kappa shape index (κ1) is 14.5. The van der Waals surface area contributed by atoms with Gasteiger partial charge in [-0.1, -0.05) is 6.07 Å². The fraction of sp³-hybridized carbons (Fsp3) is 0.571. The number of amides is 1. The van der Waals surface area contributed by atoms with E-state index in [2.05, 4.69) is 4.98 Å². The summed E-state index contributed by atoms with van der Waals surface area (Å²) in [6.07, 6.45) is 4.34. The van der Waals surface area contributed by atoms with Crippen molar-refractivity contribution in [3.8, 4) is 0 Å². The SMILES string of the molecule is CS(=O)(=O)N1CC[C@H]2C[C@@H]1C(=O)N(Cc1ccccn1)C2. The Kier molecular flexibility index (Phi) is 3.71. The molecule has 0 aromatic carbocycles. The fourth-order valence-electron chi connectivity index (χ4n) is 3.25. The van der Waals surface area contributed by atoms with Gasteiger partial charge in [-0.3, -0.25) is 9.78 Å². The Labute approximate surface area is 124 Å². The lowest BCUT2D eigenvalue weighted by molar-refractivity contribution is -0.143. The third-order valence-electron chi connectivity index (χ3n) is 4.24. The van der Waals surface area contributed by atoms with Crippen LogP contribution >= 0.6 is 0 Å². The second kappa shape index (κ2) is 5.38. The number of carbonyl (C=O) groups excluding carboxylic acids is 1. The zero-order valence-electron chi connectivity index (χ0n) is 12.0. The lowest BCUT2D eigenvalue weighted by atomic mass is 9.87. The van der Waals surface area contributed by atoms with E-state index in [9.17, 15) is 13.2 Å². The molecule has 0 spiro atoms. The van der Waals surface area contributed by atoms with E-state index < -0.39 is 16.1 Å². The van der Waals surface area contributed by atoms with Crippen LogP contribution < -0.4 is 0 Å². The van der Waals surface area contributed by atoms with Crippen LogP contribution in [-0.4, -0.2) is 53.9 Å². The van der Waals surface area contributed by atoms with E-state index in [0.29, 0.717) is 32.0 Å². The van der Waals surface area contributed by atoms with Crippen molar-refractivity contribution in [1.29, 1.82) is 0 Å². The van der Waals surface area contributed by atoms with Crippen LogP contribution in [0.2, 0.25) is 0 Å². The summed E-state index contributed by atoms with van der Waals surface area (Å²) in [5, 5.41) is 0. The van der Waals surface area contributed by atoms with Crippen molar-refractivity contribution in [3.05, 3.63) is 30.1 Å². The summed E-state index contributed by atoms with van der Waals surface area (Å²) in [4.78, 5) is 18.6. The molecule has 0 unspecified atom stereocenters. The molecule has 1 amide bonds. The van der Waals surface area contributed by atoms with Crippen LogP contribution in [0.1, 0.15) is 18.5 Å². The predicted molar refractivity (Wildman–Crippen MR) is 77.7 cm³/mol. The second-order valence-corrected chi connectivity index (χ2v) is 7.75. The first-order valence-corrected chi connectivity index (χ1v) is 8.95. The van der Waals surface area contributed by atoms with E-state index in [1.54, 1.807) is 11.1 Å². The minimum absolute atomic E-state index is 0.0953. The van der Waals surface area contributed by atoms with E-state index in [0.717, 1.165) is 12.1 Å². The maximum Gasteiger partial charge on any atom is 0.241 e. The number of carbonyl (C=O) groups is 1. The molecule has 3 heterocycles. The molecular weight excluding hydrogens is 290 g/mol. The quantitative estimate of drug-likeness (QED) is 0.813. The van der Waals surface area contributed by atoms with Crippen molar-refractivity contribution in [1.82, 2.24) is 14.2 Å². The monoisotopic (exact) mass is 309 g/mol. The molecule has 21 heavy (non-hydrogen) atoms. The van der Waals surface area contributed by atoms with Gasteiger partial charge in [0.05, 0.1) is 18.5 Å². The smallest absolute Gasteiger partial charge is 0.241 e. The molecule has 0 aliphatic carbocycles. The molecule has 2 saturated heterocycles. The Morgan fingerprint density at radius 1 is 1.38 bits per heavy atom. The lowest BCUT2D eigenvalue weighted by Gasteiger charge is -2.45. The van der Waals surface area contributed by atoms with Crippen molar-refractivity contribution in [2.24, 2.45) is 5.92 Å². The molecule has 2 aliphatic rings. The number of rotatable bonds is 3. The number of hydrogen-bond acceptors (Lipinski definition) is 4. The Bertz CT molecular complexity index is 632. The van der Waals surface area contributed by atoms with Gasteiger partial charge in [-0.2, -0.15) is 4.31 Å². The maximum absolute atomic E-state index is 12.6. The van der Waals surface area contributed by atoms with Gasteiger partial charge in [0.1, 0.15) is 6.04 Å². The van der Waals surface area contributed by atoms with Crippen LogP contribution in [0.4, 0.5) is 0 Å². The second-order valence-electron chi connectivity index (χ2n) is 5.82. The first-order chi connectivity index (χ1) is 9.95. The highest BCUT2D eigenvalue weighted by molar-refractivity contribution is 7.88. The molecule has 2 aliphatic heterocycles. The third kappa shape index (κ3) is 2.94. The van der Waals surface area contributed by atoms with Gasteiger partial charge in [0.15, 0.2) is 0 Å². The average molecular weight is 309 g/mol. The molecule has 0 radical (unpaired) electrons. The molecule has 2 bridgehead atoms. The van der Waals surface area contributed by atoms with E-state index in [4.69, 9.17) is 0 Å². The molecule has 6 nitrogen and oxygen atoms in total. The molecule has 2 atom stereocenters. The van der Waals surface area contributed by atoms with Crippen LogP contribution in [0, 0.1) is 5.92 Å². The number of pyridine rings is 1. The van der Waals surface area contributed by atoms with Crippen molar-refractivity contribution < 1.29 is 13.2 Å². The van der Waals surface area contributed by atoms with Crippen LogP contribution in [0.3, 0.4) is 0 Å². The van der Waals surface area contributed by atoms with E-state index in [-0.39, 0.29) is 5.91 Å². The molecule has 7 heteroatoms. The van der Waals surface area contributed by atoms with Gasteiger partial charge in [-0.05, 0) is 30.9 Å². The van der Waals surface area contributed by atoms with Crippen LogP contribution in [-0.2, 0) is 21.4 Å². The first-order valence-electron chi connectivity index (χ1n) is 7.10. The molecule has 1 aromatic heterocycles. The molecule has 0 saturated carbocycles. The van der Waals surface area contributed by atoms with Crippen molar-refractivity contribution >= 4 is 15.9 Å².